The lowest BCUT2D eigenvalue weighted by Crippen LogP contribution is -2.20. The average molecular weight is 349 g/mol. The number of methoxy groups -OCH3 is 2. The number of nitrogens with one attached hydrogen (secondary N) is 1. The molecule has 1 N–H and O–H groups in total. The lowest BCUT2D eigenvalue weighted by atomic mass is 10.0. The van der Waals surface area contributed by atoms with Crippen LogP contribution in [0.1, 0.15) is 22.9 Å². The Hall–Kier alpha value is -2.05. The monoisotopic (exact) mass is 349 g/mol. The molecule has 6 heteroatoms. The minimum Gasteiger partial charge on any atom is -0.493 e. The highest BCUT2D eigenvalue weighted by molar-refractivity contribution is 7.10. The molecule has 0 bridgehead atoms. The molecule has 0 saturated carbocycles. The summed E-state index contributed by atoms with van der Waals surface area (Å²) in [5.41, 5.74) is 1.07. The summed E-state index contributed by atoms with van der Waals surface area (Å²) in [5.74, 6) is 1.41. The van der Waals surface area contributed by atoms with Gasteiger partial charge in [0.1, 0.15) is 0 Å². The topological polar surface area (TPSA) is 56.8 Å². The molecule has 1 heterocycles. The second-order valence-electron chi connectivity index (χ2n) is 5.24. The van der Waals surface area contributed by atoms with Crippen molar-refractivity contribution in [3.8, 4) is 11.5 Å². The van der Waals surface area contributed by atoms with Crippen molar-refractivity contribution in [3.63, 3.8) is 0 Å². The second kappa shape index (κ2) is 9.95. The fraction of sp³-hybridized carbons (Fsp3) is 0.389. The van der Waals surface area contributed by atoms with Crippen molar-refractivity contribution in [1.82, 2.24) is 5.32 Å². The van der Waals surface area contributed by atoms with E-state index in [0.717, 1.165) is 23.3 Å². The van der Waals surface area contributed by atoms with Crippen molar-refractivity contribution in [2.24, 2.45) is 0 Å². The molecule has 2 aromatic rings. The van der Waals surface area contributed by atoms with Gasteiger partial charge < -0.3 is 19.5 Å². The van der Waals surface area contributed by atoms with E-state index >= 15 is 0 Å². The molecule has 0 aliphatic carbocycles. The minimum atomic E-state index is -0.0442. The lowest BCUT2D eigenvalue weighted by molar-refractivity contribution is -0.110. The Kier molecular flexibility index (Phi) is 7.58. The molecule has 0 spiro atoms. The maximum absolute atomic E-state index is 10.9. The lowest BCUT2D eigenvalue weighted by Gasteiger charge is -2.17. The van der Waals surface area contributed by atoms with Gasteiger partial charge in [0.15, 0.2) is 11.5 Å². The fourth-order valence-electron chi connectivity index (χ4n) is 2.40. The van der Waals surface area contributed by atoms with Gasteiger partial charge in [-0.15, -0.1) is 11.3 Å². The second-order valence-corrected chi connectivity index (χ2v) is 6.22. The minimum absolute atomic E-state index is 0.0442. The predicted molar refractivity (Wildman–Crippen MR) is 94.9 cm³/mol. The van der Waals surface area contributed by atoms with E-state index in [2.05, 4.69) is 5.32 Å². The fourth-order valence-corrected chi connectivity index (χ4v) is 3.18. The summed E-state index contributed by atoms with van der Waals surface area (Å²) in [7, 11) is 3.30. The van der Waals surface area contributed by atoms with Gasteiger partial charge in [0.2, 0.25) is 6.41 Å². The SMILES string of the molecule is COCCCOc1cc(CC(NC=O)c2cccs2)ccc1OC. The maximum Gasteiger partial charge on any atom is 0.207 e. The molecule has 1 aromatic heterocycles. The van der Waals surface area contributed by atoms with Crippen LogP contribution in [0.15, 0.2) is 35.7 Å². The van der Waals surface area contributed by atoms with Gasteiger partial charge in [-0.05, 0) is 35.6 Å². The molecule has 5 nitrogen and oxygen atoms in total. The number of hydrogen-bond acceptors (Lipinski definition) is 5. The van der Waals surface area contributed by atoms with E-state index < -0.39 is 0 Å². The van der Waals surface area contributed by atoms with E-state index in [1.54, 1.807) is 25.6 Å². The Balaban J connectivity index is 2.09. The molecule has 1 unspecified atom stereocenters. The zero-order valence-corrected chi connectivity index (χ0v) is 14.8. The van der Waals surface area contributed by atoms with Crippen molar-refractivity contribution in [3.05, 3.63) is 46.2 Å². The maximum atomic E-state index is 10.9. The zero-order valence-electron chi connectivity index (χ0n) is 14.0. The summed E-state index contributed by atoms with van der Waals surface area (Å²) in [4.78, 5) is 12.0. The molecule has 0 aliphatic heterocycles. The van der Waals surface area contributed by atoms with Crippen LogP contribution in [0.5, 0.6) is 11.5 Å². The highest BCUT2D eigenvalue weighted by Gasteiger charge is 2.14. The smallest absolute Gasteiger partial charge is 0.207 e. The van der Waals surface area contributed by atoms with Crippen LogP contribution in [0, 0.1) is 0 Å². The summed E-state index contributed by atoms with van der Waals surface area (Å²) >= 11 is 1.63. The molecule has 0 radical (unpaired) electrons. The highest BCUT2D eigenvalue weighted by atomic mass is 32.1. The molecule has 0 saturated heterocycles. The molecule has 130 valence electrons. The Bertz CT molecular complexity index is 615. The third kappa shape index (κ3) is 5.25. The van der Waals surface area contributed by atoms with Gasteiger partial charge in [0.25, 0.3) is 0 Å². The predicted octanol–water partition coefficient (Wildman–Crippen LogP) is 3.20. The quantitative estimate of drug-likeness (QED) is 0.500. The number of ether oxygens (including phenoxy) is 3. The summed E-state index contributed by atoms with van der Waals surface area (Å²) in [5, 5.41) is 4.89. The van der Waals surface area contributed by atoms with Crippen LogP contribution in [0.4, 0.5) is 0 Å². The molecular weight excluding hydrogens is 326 g/mol. The van der Waals surface area contributed by atoms with Gasteiger partial charge in [-0.3, -0.25) is 4.79 Å². The summed E-state index contributed by atoms with van der Waals surface area (Å²) < 4.78 is 16.2. The van der Waals surface area contributed by atoms with E-state index in [9.17, 15) is 4.79 Å². The number of thiophene rings is 1. The van der Waals surface area contributed by atoms with Gasteiger partial charge in [-0.2, -0.15) is 0 Å². The summed E-state index contributed by atoms with van der Waals surface area (Å²) in [6.07, 6.45) is 2.25. The summed E-state index contributed by atoms with van der Waals surface area (Å²) in [6.45, 7) is 1.22. The van der Waals surface area contributed by atoms with Crippen LogP contribution in [-0.2, 0) is 16.0 Å². The Morgan fingerprint density at radius 3 is 2.75 bits per heavy atom. The Morgan fingerprint density at radius 2 is 2.08 bits per heavy atom. The van der Waals surface area contributed by atoms with Crippen LogP contribution >= 0.6 is 11.3 Å². The largest absolute Gasteiger partial charge is 0.493 e. The number of rotatable bonds is 11. The van der Waals surface area contributed by atoms with Crippen molar-refractivity contribution in [2.45, 2.75) is 18.9 Å². The number of carbonyl (C=O) groups excluding carboxylic acids is 1. The van der Waals surface area contributed by atoms with Crippen LogP contribution in [0.3, 0.4) is 0 Å². The van der Waals surface area contributed by atoms with Gasteiger partial charge in [-0.1, -0.05) is 12.1 Å². The van der Waals surface area contributed by atoms with Crippen molar-refractivity contribution in [2.75, 3.05) is 27.4 Å². The molecule has 1 aromatic carbocycles. The first kappa shape index (κ1) is 18.3. The molecule has 1 atom stereocenters. The first-order valence-corrected chi connectivity index (χ1v) is 8.68. The van der Waals surface area contributed by atoms with Gasteiger partial charge in [-0.25, -0.2) is 0 Å². The van der Waals surface area contributed by atoms with Crippen LogP contribution in [0.2, 0.25) is 0 Å². The number of hydrogen-bond donors (Lipinski definition) is 1. The number of carbonyl (C=O) groups is 1. The molecule has 1 amide bonds. The van der Waals surface area contributed by atoms with E-state index in [1.165, 1.54) is 0 Å². The van der Waals surface area contributed by atoms with Crippen molar-refractivity contribution >= 4 is 17.7 Å². The normalized spacial score (nSPS) is 11.8. The van der Waals surface area contributed by atoms with Crippen LogP contribution < -0.4 is 14.8 Å². The van der Waals surface area contributed by atoms with Crippen LogP contribution in [-0.4, -0.2) is 33.8 Å². The third-order valence-electron chi connectivity index (χ3n) is 3.57. The van der Waals surface area contributed by atoms with Crippen LogP contribution in [0.25, 0.3) is 0 Å². The average Bonchev–Trinajstić information content (AvgIpc) is 3.13. The molecule has 24 heavy (non-hydrogen) atoms. The Morgan fingerprint density at radius 1 is 1.21 bits per heavy atom. The van der Waals surface area contributed by atoms with Gasteiger partial charge >= 0.3 is 0 Å². The van der Waals surface area contributed by atoms with Crippen molar-refractivity contribution < 1.29 is 19.0 Å². The first-order valence-electron chi connectivity index (χ1n) is 7.80. The first-order chi connectivity index (χ1) is 11.8. The number of benzene rings is 1. The highest BCUT2D eigenvalue weighted by Crippen LogP contribution is 2.30. The van der Waals surface area contributed by atoms with E-state index in [-0.39, 0.29) is 6.04 Å². The summed E-state index contributed by atoms with van der Waals surface area (Å²) in [6, 6.07) is 9.83. The van der Waals surface area contributed by atoms with Gasteiger partial charge in [0, 0.05) is 25.0 Å². The van der Waals surface area contributed by atoms with Crippen molar-refractivity contribution in [1.29, 1.82) is 0 Å². The standard InChI is InChI=1S/C18H23NO4S/c1-21-8-4-9-23-17-12-14(6-7-16(17)22-2)11-15(19-13-20)18-5-3-10-24-18/h3,5-7,10,12-13,15H,4,8-9,11H2,1-2H3,(H,19,20). The molecule has 0 fully saturated rings. The third-order valence-corrected chi connectivity index (χ3v) is 4.56. The van der Waals surface area contributed by atoms with E-state index in [1.807, 2.05) is 35.7 Å². The molecular formula is C18H23NO4S. The zero-order chi connectivity index (χ0) is 17.2. The number of amides is 1. The molecule has 0 aliphatic rings. The van der Waals surface area contributed by atoms with E-state index in [0.29, 0.717) is 31.1 Å². The molecule has 2 rings (SSSR count). The van der Waals surface area contributed by atoms with Gasteiger partial charge in [0.05, 0.1) is 19.8 Å². The Labute approximate surface area is 146 Å². The van der Waals surface area contributed by atoms with E-state index in [4.69, 9.17) is 14.2 Å².